The molecule has 3 aromatic carbocycles. The molecule has 0 aliphatic carbocycles. The maximum atomic E-state index is 13.8. The Morgan fingerprint density at radius 1 is 0.895 bits per heavy atom. The lowest BCUT2D eigenvalue weighted by molar-refractivity contribution is -0.139. The Hall–Kier alpha value is -2.78. The zero-order valence-electron chi connectivity index (χ0n) is 20.9. The van der Waals surface area contributed by atoms with Gasteiger partial charge in [-0.2, -0.15) is 0 Å². The van der Waals surface area contributed by atoms with Gasteiger partial charge in [0.25, 0.3) is 10.0 Å². The van der Waals surface area contributed by atoms with E-state index in [9.17, 15) is 18.0 Å². The third kappa shape index (κ3) is 7.63. The smallest absolute Gasteiger partial charge is 0.264 e. The van der Waals surface area contributed by atoms with E-state index in [4.69, 9.17) is 34.8 Å². The van der Waals surface area contributed by atoms with E-state index in [1.807, 2.05) is 6.92 Å². The summed E-state index contributed by atoms with van der Waals surface area (Å²) in [5, 5.41) is 3.94. The van der Waals surface area contributed by atoms with Crippen LogP contribution in [0.5, 0.6) is 0 Å². The minimum absolute atomic E-state index is 0.0461. The molecule has 202 valence electrons. The number of halogens is 3. The topological polar surface area (TPSA) is 86.8 Å². The predicted octanol–water partition coefficient (Wildman–Crippen LogP) is 5.79. The van der Waals surface area contributed by atoms with Crippen LogP contribution in [0.2, 0.25) is 15.1 Å². The maximum absolute atomic E-state index is 13.8. The van der Waals surface area contributed by atoms with Crippen LogP contribution >= 0.6 is 34.8 Å². The Morgan fingerprint density at radius 3 is 2.13 bits per heavy atom. The molecule has 0 unspecified atom stereocenters. The van der Waals surface area contributed by atoms with Gasteiger partial charge in [-0.1, -0.05) is 59.9 Å². The van der Waals surface area contributed by atoms with Gasteiger partial charge >= 0.3 is 0 Å². The van der Waals surface area contributed by atoms with Crippen molar-refractivity contribution >= 4 is 62.3 Å². The summed E-state index contributed by atoms with van der Waals surface area (Å²) >= 11 is 18.3. The van der Waals surface area contributed by atoms with E-state index in [2.05, 4.69) is 5.32 Å². The lowest BCUT2D eigenvalue weighted by Crippen LogP contribution is -2.51. The van der Waals surface area contributed by atoms with Crippen molar-refractivity contribution in [1.82, 2.24) is 10.2 Å². The molecule has 0 heterocycles. The summed E-state index contributed by atoms with van der Waals surface area (Å²) in [6.45, 7) is 3.44. The van der Waals surface area contributed by atoms with E-state index < -0.39 is 28.5 Å². The average Bonchev–Trinajstić information content (AvgIpc) is 2.88. The Bertz CT molecular complexity index is 1380. The van der Waals surface area contributed by atoms with Crippen LogP contribution in [0.1, 0.15) is 25.8 Å². The normalized spacial score (nSPS) is 12.0. The standard InChI is InChI=1S/C27H28Cl3N3O4S/c1-3-14-31-27(35)19(2)32(17-20-6-4-7-22(29)15-20)26(34)18-33(24-9-5-8-23(30)16-24)38(36,37)25-12-10-21(28)11-13-25/h4-13,15-16,19H,3,14,17-18H2,1-2H3,(H,31,35)/t19-/m1/s1. The summed E-state index contributed by atoms with van der Waals surface area (Å²) in [4.78, 5) is 28.0. The summed E-state index contributed by atoms with van der Waals surface area (Å²) in [7, 11) is -4.21. The second-order valence-corrected chi connectivity index (χ2v) is 11.7. The molecular formula is C27H28Cl3N3O4S. The second-order valence-electron chi connectivity index (χ2n) is 8.56. The summed E-state index contributed by atoms with van der Waals surface area (Å²) < 4.78 is 28.4. The monoisotopic (exact) mass is 595 g/mol. The Balaban J connectivity index is 2.02. The average molecular weight is 597 g/mol. The molecule has 0 bridgehead atoms. The van der Waals surface area contributed by atoms with E-state index in [0.717, 1.165) is 10.7 Å². The molecule has 0 fully saturated rings. The fourth-order valence-electron chi connectivity index (χ4n) is 3.70. The van der Waals surface area contributed by atoms with E-state index in [1.54, 1.807) is 49.4 Å². The first-order chi connectivity index (χ1) is 18.0. The highest BCUT2D eigenvalue weighted by atomic mass is 35.5. The van der Waals surface area contributed by atoms with Gasteiger partial charge in [0, 0.05) is 28.2 Å². The molecule has 11 heteroatoms. The molecule has 0 spiro atoms. The molecule has 7 nitrogen and oxygen atoms in total. The fraction of sp³-hybridized carbons (Fsp3) is 0.259. The lowest BCUT2D eigenvalue weighted by atomic mass is 10.1. The number of hydrogen-bond acceptors (Lipinski definition) is 4. The summed E-state index contributed by atoms with van der Waals surface area (Å²) in [5.41, 5.74) is 0.891. The minimum atomic E-state index is -4.21. The summed E-state index contributed by atoms with van der Waals surface area (Å²) in [6.07, 6.45) is 0.725. The van der Waals surface area contributed by atoms with Crippen LogP contribution in [-0.2, 0) is 26.2 Å². The van der Waals surface area contributed by atoms with Crippen molar-refractivity contribution in [2.75, 3.05) is 17.4 Å². The molecule has 0 radical (unpaired) electrons. The van der Waals surface area contributed by atoms with Gasteiger partial charge in [-0.15, -0.1) is 0 Å². The van der Waals surface area contributed by atoms with Crippen molar-refractivity contribution in [2.24, 2.45) is 0 Å². The number of carbonyl (C=O) groups excluding carboxylic acids is 2. The third-order valence-electron chi connectivity index (χ3n) is 5.74. The van der Waals surface area contributed by atoms with Gasteiger partial charge in [0.15, 0.2) is 0 Å². The van der Waals surface area contributed by atoms with E-state index >= 15 is 0 Å². The fourth-order valence-corrected chi connectivity index (χ4v) is 5.63. The molecule has 1 atom stereocenters. The predicted molar refractivity (Wildman–Crippen MR) is 152 cm³/mol. The van der Waals surface area contributed by atoms with Gasteiger partial charge in [0.1, 0.15) is 12.6 Å². The first-order valence-electron chi connectivity index (χ1n) is 11.9. The number of nitrogens with one attached hydrogen (secondary N) is 1. The molecule has 0 aliphatic heterocycles. The number of amides is 2. The molecule has 0 saturated heterocycles. The van der Waals surface area contributed by atoms with Crippen molar-refractivity contribution < 1.29 is 18.0 Å². The Labute approximate surface area is 238 Å². The van der Waals surface area contributed by atoms with Crippen LogP contribution in [-0.4, -0.2) is 44.3 Å². The zero-order chi connectivity index (χ0) is 27.9. The first-order valence-corrected chi connectivity index (χ1v) is 14.5. The van der Waals surface area contributed by atoms with Crippen LogP contribution in [0, 0.1) is 0 Å². The molecule has 3 aromatic rings. The number of nitrogens with zero attached hydrogens (tertiary/aromatic N) is 2. The molecule has 0 aromatic heterocycles. The van der Waals surface area contributed by atoms with Crippen molar-refractivity contribution in [2.45, 2.75) is 37.8 Å². The minimum Gasteiger partial charge on any atom is -0.354 e. The first kappa shape index (κ1) is 29.8. The number of benzene rings is 3. The van der Waals surface area contributed by atoms with Gasteiger partial charge in [-0.25, -0.2) is 8.42 Å². The van der Waals surface area contributed by atoms with E-state index in [-0.39, 0.29) is 23.0 Å². The Morgan fingerprint density at radius 2 is 1.53 bits per heavy atom. The van der Waals surface area contributed by atoms with E-state index in [0.29, 0.717) is 27.2 Å². The molecule has 1 N–H and O–H groups in total. The number of anilines is 1. The van der Waals surface area contributed by atoms with Crippen LogP contribution in [0.25, 0.3) is 0 Å². The molecule has 2 amide bonds. The highest BCUT2D eigenvalue weighted by Crippen LogP contribution is 2.27. The molecule has 38 heavy (non-hydrogen) atoms. The van der Waals surface area contributed by atoms with Gasteiger partial charge in [-0.05, 0) is 73.5 Å². The molecule has 3 rings (SSSR count). The van der Waals surface area contributed by atoms with Crippen molar-refractivity contribution in [3.05, 3.63) is 93.4 Å². The number of sulfonamides is 1. The highest BCUT2D eigenvalue weighted by Gasteiger charge is 2.32. The number of rotatable bonds is 11. The number of carbonyl (C=O) groups is 2. The van der Waals surface area contributed by atoms with Crippen LogP contribution in [0.3, 0.4) is 0 Å². The van der Waals surface area contributed by atoms with Gasteiger partial charge < -0.3 is 10.2 Å². The highest BCUT2D eigenvalue weighted by molar-refractivity contribution is 7.92. The maximum Gasteiger partial charge on any atom is 0.264 e. The van der Waals surface area contributed by atoms with Crippen LogP contribution in [0.4, 0.5) is 5.69 Å². The lowest BCUT2D eigenvalue weighted by Gasteiger charge is -2.32. The quantitative estimate of drug-likeness (QED) is 0.304. The molecule has 0 saturated carbocycles. The van der Waals surface area contributed by atoms with Gasteiger partial charge in [0.2, 0.25) is 11.8 Å². The largest absolute Gasteiger partial charge is 0.354 e. The molecular weight excluding hydrogens is 569 g/mol. The third-order valence-corrected chi connectivity index (χ3v) is 8.25. The van der Waals surface area contributed by atoms with Gasteiger partial charge in [-0.3, -0.25) is 13.9 Å². The van der Waals surface area contributed by atoms with Crippen LogP contribution < -0.4 is 9.62 Å². The Kier molecular flexibility index (Phi) is 10.4. The van der Waals surface area contributed by atoms with Crippen molar-refractivity contribution in [3.8, 4) is 0 Å². The van der Waals surface area contributed by atoms with Crippen molar-refractivity contribution in [3.63, 3.8) is 0 Å². The number of hydrogen-bond donors (Lipinski definition) is 1. The molecule has 0 aliphatic rings. The van der Waals surface area contributed by atoms with Crippen LogP contribution in [0.15, 0.2) is 77.7 Å². The van der Waals surface area contributed by atoms with Gasteiger partial charge in [0.05, 0.1) is 10.6 Å². The second kappa shape index (κ2) is 13.3. The SMILES string of the molecule is CCCNC(=O)[C@@H](C)N(Cc1cccc(Cl)c1)C(=O)CN(c1cccc(Cl)c1)S(=O)(=O)c1ccc(Cl)cc1. The van der Waals surface area contributed by atoms with E-state index in [1.165, 1.54) is 35.2 Å². The summed E-state index contributed by atoms with van der Waals surface area (Å²) in [5.74, 6) is -0.932. The summed E-state index contributed by atoms with van der Waals surface area (Å²) in [6, 6.07) is 17.9. The van der Waals surface area contributed by atoms with Crippen molar-refractivity contribution in [1.29, 1.82) is 0 Å². The zero-order valence-corrected chi connectivity index (χ0v) is 24.0.